The number of anilines is 1. The van der Waals surface area contributed by atoms with E-state index in [1.54, 1.807) is 42.2 Å². The van der Waals surface area contributed by atoms with E-state index in [4.69, 9.17) is 4.74 Å². The average Bonchev–Trinajstić information content (AvgIpc) is 2.65. The lowest BCUT2D eigenvalue weighted by Gasteiger charge is -2.35. The summed E-state index contributed by atoms with van der Waals surface area (Å²) in [7, 11) is -3.81. The second-order valence-electron chi connectivity index (χ2n) is 9.38. The number of carbonyl (C=O) groups is 1. The maximum absolute atomic E-state index is 13.1. The maximum atomic E-state index is 13.1. The molecule has 0 saturated carbocycles. The molecule has 1 fully saturated rings. The van der Waals surface area contributed by atoms with Crippen LogP contribution in [0, 0.1) is 6.92 Å². The van der Waals surface area contributed by atoms with Crippen molar-refractivity contribution in [1.82, 2.24) is 4.90 Å². The van der Waals surface area contributed by atoms with Crippen molar-refractivity contribution in [2.24, 2.45) is 0 Å². The van der Waals surface area contributed by atoms with E-state index in [9.17, 15) is 13.2 Å². The third-order valence-electron chi connectivity index (χ3n) is 5.41. The smallest absolute Gasteiger partial charge is 0.262 e. The lowest BCUT2D eigenvalue weighted by atomic mass is 9.87. The third-order valence-corrected chi connectivity index (χ3v) is 6.94. The minimum atomic E-state index is -3.81. The van der Waals surface area contributed by atoms with Gasteiger partial charge in [0.25, 0.3) is 15.9 Å². The molecule has 0 aliphatic carbocycles. The highest BCUT2D eigenvalue weighted by molar-refractivity contribution is 7.92. The van der Waals surface area contributed by atoms with Crippen LogP contribution < -0.4 is 4.72 Å². The number of benzene rings is 2. The molecule has 168 valence electrons. The summed E-state index contributed by atoms with van der Waals surface area (Å²) in [6, 6.07) is 12.2. The number of nitrogens with one attached hydrogen (secondary N) is 1. The number of carbonyl (C=O) groups excluding carboxylic acids is 1. The molecule has 0 aromatic heterocycles. The number of rotatable bonds is 4. The van der Waals surface area contributed by atoms with Crippen molar-refractivity contribution < 1.29 is 17.9 Å². The Morgan fingerprint density at radius 1 is 1.06 bits per heavy atom. The van der Waals surface area contributed by atoms with Gasteiger partial charge in [-0.1, -0.05) is 39.0 Å². The van der Waals surface area contributed by atoms with E-state index < -0.39 is 10.0 Å². The zero-order valence-corrected chi connectivity index (χ0v) is 19.9. The van der Waals surface area contributed by atoms with Crippen molar-refractivity contribution in [3.8, 4) is 0 Å². The number of ether oxygens (including phenoxy) is 1. The number of nitrogens with zero attached hydrogens (tertiary/aromatic N) is 1. The summed E-state index contributed by atoms with van der Waals surface area (Å²) in [5.74, 6) is -0.131. The quantitative estimate of drug-likeness (QED) is 0.761. The zero-order valence-electron chi connectivity index (χ0n) is 19.1. The predicted octanol–water partition coefficient (Wildman–Crippen LogP) is 4.34. The van der Waals surface area contributed by atoms with Gasteiger partial charge in [0.1, 0.15) is 0 Å². The number of hydrogen-bond acceptors (Lipinski definition) is 4. The molecule has 2 atom stereocenters. The van der Waals surface area contributed by atoms with Gasteiger partial charge in [0, 0.05) is 24.3 Å². The molecule has 31 heavy (non-hydrogen) atoms. The Morgan fingerprint density at radius 3 is 2.32 bits per heavy atom. The van der Waals surface area contributed by atoms with Crippen molar-refractivity contribution in [2.45, 2.75) is 64.1 Å². The molecule has 2 aromatic rings. The summed E-state index contributed by atoms with van der Waals surface area (Å²) in [4.78, 5) is 15.0. The molecule has 1 saturated heterocycles. The van der Waals surface area contributed by atoms with E-state index in [0.717, 1.165) is 5.56 Å². The van der Waals surface area contributed by atoms with Crippen molar-refractivity contribution >= 4 is 21.6 Å². The normalized spacial score (nSPS) is 19.9. The summed E-state index contributed by atoms with van der Waals surface area (Å²) >= 11 is 0. The van der Waals surface area contributed by atoms with Crippen molar-refractivity contribution in [2.75, 3.05) is 17.8 Å². The molecule has 3 rings (SSSR count). The largest absolute Gasteiger partial charge is 0.372 e. The number of sulfonamides is 1. The average molecular weight is 445 g/mol. The molecule has 7 heteroatoms. The molecule has 1 aliphatic heterocycles. The second-order valence-corrected chi connectivity index (χ2v) is 11.0. The molecule has 1 N–H and O–H groups in total. The highest BCUT2D eigenvalue weighted by Crippen LogP contribution is 2.28. The first-order chi connectivity index (χ1) is 14.4. The van der Waals surface area contributed by atoms with Crippen LogP contribution >= 0.6 is 0 Å². The summed E-state index contributed by atoms with van der Waals surface area (Å²) in [5, 5.41) is 0. The Hall–Kier alpha value is -2.38. The van der Waals surface area contributed by atoms with Crippen LogP contribution in [0.1, 0.15) is 56.1 Å². The summed E-state index contributed by atoms with van der Waals surface area (Å²) in [6.45, 7) is 12.8. The van der Waals surface area contributed by atoms with Crippen LogP contribution in [0.15, 0.2) is 47.4 Å². The highest BCUT2D eigenvalue weighted by atomic mass is 32.2. The zero-order chi connectivity index (χ0) is 23.0. The molecule has 0 spiro atoms. The van der Waals surface area contributed by atoms with E-state index in [0.29, 0.717) is 29.9 Å². The summed E-state index contributed by atoms with van der Waals surface area (Å²) in [6.07, 6.45) is -0.0695. The molecule has 1 heterocycles. The van der Waals surface area contributed by atoms with Gasteiger partial charge in [0.2, 0.25) is 0 Å². The molecule has 1 amide bonds. The summed E-state index contributed by atoms with van der Waals surface area (Å²) < 4.78 is 34.6. The van der Waals surface area contributed by atoms with E-state index in [1.165, 1.54) is 0 Å². The van der Waals surface area contributed by atoms with Crippen molar-refractivity contribution in [3.63, 3.8) is 0 Å². The monoisotopic (exact) mass is 444 g/mol. The number of aryl methyl sites for hydroxylation is 1. The Morgan fingerprint density at radius 2 is 1.71 bits per heavy atom. The van der Waals surface area contributed by atoms with Gasteiger partial charge >= 0.3 is 0 Å². The minimum absolute atomic E-state index is 0.0348. The molecule has 1 aliphatic rings. The van der Waals surface area contributed by atoms with Crippen molar-refractivity contribution in [3.05, 3.63) is 59.2 Å². The van der Waals surface area contributed by atoms with E-state index in [1.807, 2.05) is 46.8 Å². The Labute approximate surface area is 185 Å². The van der Waals surface area contributed by atoms with Gasteiger partial charge in [-0.15, -0.1) is 0 Å². The minimum Gasteiger partial charge on any atom is -0.372 e. The van der Waals surface area contributed by atoms with Crippen LogP contribution in [0.4, 0.5) is 5.69 Å². The molecule has 0 radical (unpaired) electrons. The standard InChI is InChI=1S/C24H32N2O4S/c1-16-10-11-20(24(4,5)6)13-22(16)31(28,29)25-21-9-7-8-19(12-21)23(27)26-14-17(2)30-18(3)15-26/h7-13,17-18,25H,14-15H2,1-6H3. The molecule has 2 unspecified atom stereocenters. The van der Waals surface area contributed by atoms with Crippen LogP contribution in [-0.2, 0) is 20.2 Å². The van der Waals surface area contributed by atoms with Gasteiger partial charge in [-0.25, -0.2) is 8.42 Å². The first-order valence-corrected chi connectivity index (χ1v) is 12.0. The van der Waals surface area contributed by atoms with Gasteiger partial charge in [-0.3, -0.25) is 9.52 Å². The fourth-order valence-electron chi connectivity index (χ4n) is 3.81. The van der Waals surface area contributed by atoms with Crippen LogP contribution in [-0.4, -0.2) is 44.5 Å². The molecule has 0 bridgehead atoms. The first-order valence-electron chi connectivity index (χ1n) is 10.6. The fraction of sp³-hybridized carbons (Fsp3) is 0.458. The SMILES string of the molecule is Cc1ccc(C(C)(C)C)cc1S(=O)(=O)Nc1cccc(C(=O)N2CC(C)OC(C)C2)c1. The molecular formula is C24H32N2O4S. The van der Waals surface area contributed by atoms with E-state index in [2.05, 4.69) is 4.72 Å². The Balaban J connectivity index is 1.86. The first kappa shape index (κ1) is 23.3. The molecule has 6 nitrogen and oxygen atoms in total. The van der Waals surface area contributed by atoms with Gasteiger partial charge in [-0.05, 0) is 61.6 Å². The van der Waals surface area contributed by atoms with Crippen LogP contribution in [0.25, 0.3) is 0 Å². The van der Waals surface area contributed by atoms with Crippen LogP contribution in [0.3, 0.4) is 0 Å². The van der Waals surface area contributed by atoms with Gasteiger partial charge in [0.15, 0.2) is 0 Å². The van der Waals surface area contributed by atoms with Gasteiger partial charge in [0.05, 0.1) is 17.1 Å². The van der Waals surface area contributed by atoms with Crippen molar-refractivity contribution in [1.29, 1.82) is 0 Å². The highest BCUT2D eigenvalue weighted by Gasteiger charge is 2.27. The Bertz CT molecular complexity index is 1060. The van der Waals surface area contributed by atoms with E-state index >= 15 is 0 Å². The lowest BCUT2D eigenvalue weighted by molar-refractivity contribution is -0.0586. The van der Waals surface area contributed by atoms with Crippen LogP contribution in [0.2, 0.25) is 0 Å². The summed E-state index contributed by atoms with van der Waals surface area (Å²) in [5.41, 5.74) is 2.25. The Kier molecular flexibility index (Phi) is 6.48. The van der Waals surface area contributed by atoms with Crippen LogP contribution in [0.5, 0.6) is 0 Å². The fourth-order valence-corrected chi connectivity index (χ4v) is 5.13. The van der Waals surface area contributed by atoms with Gasteiger partial charge in [-0.2, -0.15) is 0 Å². The molecular weight excluding hydrogens is 412 g/mol. The number of hydrogen-bond donors (Lipinski definition) is 1. The van der Waals surface area contributed by atoms with E-state index in [-0.39, 0.29) is 28.4 Å². The predicted molar refractivity (Wildman–Crippen MR) is 123 cm³/mol. The molecule has 2 aromatic carbocycles. The van der Waals surface area contributed by atoms with Gasteiger partial charge < -0.3 is 9.64 Å². The lowest BCUT2D eigenvalue weighted by Crippen LogP contribution is -2.48. The number of amides is 1. The topological polar surface area (TPSA) is 75.7 Å². The second kappa shape index (κ2) is 8.63. The number of morpholine rings is 1. The maximum Gasteiger partial charge on any atom is 0.262 e. The third kappa shape index (κ3) is 5.46.